The lowest BCUT2D eigenvalue weighted by Crippen LogP contribution is -2.41. The van der Waals surface area contributed by atoms with Gasteiger partial charge in [-0.25, -0.2) is 22.3 Å². The highest BCUT2D eigenvalue weighted by Gasteiger charge is 2.47. The largest absolute Gasteiger partial charge is 0.492 e. The van der Waals surface area contributed by atoms with Crippen LogP contribution in [0.3, 0.4) is 0 Å². The van der Waals surface area contributed by atoms with E-state index in [0.29, 0.717) is 12.0 Å². The number of hydrogen-bond donors (Lipinski definition) is 4. The van der Waals surface area contributed by atoms with Crippen molar-refractivity contribution in [3.05, 3.63) is 63.5 Å². The number of rotatable bonds is 10. The maximum Gasteiger partial charge on any atom is 0.326 e. The Morgan fingerprint density at radius 1 is 1.27 bits per heavy atom. The lowest BCUT2D eigenvalue weighted by molar-refractivity contribution is -0.141. The van der Waals surface area contributed by atoms with Crippen LogP contribution >= 0.6 is 0 Å². The van der Waals surface area contributed by atoms with Gasteiger partial charge < -0.3 is 20.9 Å². The summed E-state index contributed by atoms with van der Waals surface area (Å²) in [7, 11) is -4.01. The Morgan fingerprint density at radius 3 is 2.60 bits per heavy atom. The summed E-state index contributed by atoms with van der Waals surface area (Å²) in [5.74, 6) is -2.32. The third-order valence-electron chi connectivity index (χ3n) is 7.15. The predicted octanol–water partition coefficient (Wildman–Crippen LogP) is 3.44. The van der Waals surface area contributed by atoms with Crippen LogP contribution in [0.25, 0.3) is 6.08 Å². The van der Waals surface area contributed by atoms with Crippen LogP contribution in [-0.4, -0.2) is 49.5 Å². The van der Waals surface area contributed by atoms with Crippen LogP contribution in [0.2, 0.25) is 0 Å². The van der Waals surface area contributed by atoms with Gasteiger partial charge in [0.05, 0.1) is 4.91 Å². The summed E-state index contributed by atoms with van der Waals surface area (Å²) in [6.45, 7) is 9.45. The van der Waals surface area contributed by atoms with E-state index in [0.717, 1.165) is 17.4 Å². The van der Waals surface area contributed by atoms with Gasteiger partial charge in [-0.1, -0.05) is 25.1 Å². The molecule has 2 aliphatic rings. The number of amides is 1. The number of allylic oxidation sites excluding steroid dienone is 4. The van der Waals surface area contributed by atoms with E-state index in [4.69, 9.17) is 10.5 Å². The Kier molecular flexibility index (Phi) is 9.44. The zero-order valence-corrected chi connectivity index (χ0v) is 24.1. The van der Waals surface area contributed by atoms with Gasteiger partial charge in [0.25, 0.3) is 10.0 Å². The molecule has 0 aromatic heterocycles. The molecule has 1 aromatic rings. The first-order valence-corrected chi connectivity index (χ1v) is 14.5. The Labute approximate surface area is 234 Å². The van der Waals surface area contributed by atoms with Gasteiger partial charge >= 0.3 is 5.97 Å². The standard InChI is InChI=1S/C28H37FN4O6S/c1-16-17(2)25(18(3)20-15-28(4,5)39-24(16)20)40(37,38)33-27(30)31-14-8-11-22(26(35)36)32-23(34)13-12-19-9-6-7-10-21(19)29/h6-7,9-10,12-13,18,20,22H,8,11,14-15H2,1-5H3,(H,32,34)(H,35,36)(H3,30,31,33)/t18?,20?,22-/m0/s1. The molecule has 1 aromatic carbocycles. The summed E-state index contributed by atoms with van der Waals surface area (Å²) in [5.41, 5.74) is 7.10. The first-order valence-electron chi connectivity index (χ1n) is 13.0. The number of hydrogen-bond acceptors (Lipinski definition) is 6. The maximum atomic E-state index is 13.7. The number of benzene rings is 1. The van der Waals surface area contributed by atoms with Crippen molar-refractivity contribution in [2.24, 2.45) is 22.6 Å². The monoisotopic (exact) mass is 576 g/mol. The molecule has 12 heteroatoms. The van der Waals surface area contributed by atoms with Gasteiger partial charge in [0.2, 0.25) is 11.9 Å². The van der Waals surface area contributed by atoms with Gasteiger partial charge in [-0.3, -0.25) is 9.79 Å². The van der Waals surface area contributed by atoms with Gasteiger partial charge in [0.1, 0.15) is 23.2 Å². The van der Waals surface area contributed by atoms with Crippen LogP contribution in [0.5, 0.6) is 0 Å². The Balaban J connectivity index is 1.58. The first kappa shape index (κ1) is 30.9. The van der Waals surface area contributed by atoms with Crippen molar-refractivity contribution in [1.82, 2.24) is 10.0 Å². The molecule has 0 bridgehead atoms. The molecule has 0 saturated carbocycles. The minimum absolute atomic E-state index is 0.0175. The topological polar surface area (TPSA) is 160 Å². The molecule has 2 unspecified atom stereocenters. The maximum absolute atomic E-state index is 13.7. The highest BCUT2D eigenvalue weighted by atomic mass is 32.2. The zero-order chi connectivity index (χ0) is 29.8. The van der Waals surface area contributed by atoms with E-state index in [2.05, 4.69) is 15.0 Å². The van der Waals surface area contributed by atoms with Crippen LogP contribution in [0.4, 0.5) is 4.39 Å². The molecule has 1 fully saturated rings. The molecular formula is C28H37FN4O6S. The lowest BCUT2D eigenvalue weighted by atomic mass is 9.79. The lowest BCUT2D eigenvalue weighted by Gasteiger charge is -2.30. The summed E-state index contributed by atoms with van der Waals surface area (Å²) in [4.78, 5) is 28.0. The molecule has 1 aliphatic carbocycles. The first-order chi connectivity index (χ1) is 18.6. The van der Waals surface area contributed by atoms with Crippen molar-refractivity contribution in [2.45, 2.75) is 65.5 Å². The number of sulfonamides is 1. The number of fused-ring (bicyclic) bond motifs is 1. The fourth-order valence-corrected chi connectivity index (χ4v) is 6.77. The molecular weight excluding hydrogens is 539 g/mol. The van der Waals surface area contributed by atoms with Crippen LogP contribution in [0, 0.1) is 17.7 Å². The number of nitrogens with one attached hydrogen (secondary N) is 2. The van der Waals surface area contributed by atoms with E-state index >= 15 is 0 Å². The summed E-state index contributed by atoms with van der Waals surface area (Å²) in [5, 5.41) is 11.8. The second-order valence-electron chi connectivity index (χ2n) is 10.7. The van der Waals surface area contributed by atoms with E-state index < -0.39 is 33.8 Å². The van der Waals surface area contributed by atoms with Crippen LogP contribution in [-0.2, 0) is 24.3 Å². The van der Waals surface area contributed by atoms with Crippen molar-refractivity contribution in [3.8, 4) is 0 Å². The third kappa shape index (κ3) is 7.29. The highest BCUT2D eigenvalue weighted by molar-refractivity contribution is 7.94. The molecule has 1 heterocycles. The number of carbonyl (C=O) groups excluding carboxylic acids is 1. The van der Waals surface area contributed by atoms with E-state index in [1.54, 1.807) is 13.0 Å². The number of nitrogens with zero attached hydrogens (tertiary/aromatic N) is 1. The number of aliphatic imine (C=N–C) groups is 1. The van der Waals surface area contributed by atoms with Crippen molar-refractivity contribution in [1.29, 1.82) is 0 Å². The molecule has 1 aliphatic heterocycles. The SMILES string of the molecule is CC1=C2OC(C)(C)CC2C(C)C(S(=O)(=O)NC(N)=NCCC[C@H](NC(=O)C=Cc2ccccc2F)C(=O)O)=C1C. The number of ether oxygens (including phenoxy) is 1. The molecule has 3 atom stereocenters. The number of carboxylic acid groups (broad SMARTS) is 1. The van der Waals surface area contributed by atoms with Gasteiger partial charge in [-0.2, -0.15) is 0 Å². The Morgan fingerprint density at radius 2 is 1.95 bits per heavy atom. The van der Waals surface area contributed by atoms with Crippen LogP contribution in [0.1, 0.15) is 59.4 Å². The molecule has 1 saturated heterocycles. The molecule has 3 rings (SSSR count). The average Bonchev–Trinajstić information content (AvgIpc) is 3.19. The zero-order valence-electron chi connectivity index (χ0n) is 23.3. The van der Waals surface area contributed by atoms with Crippen molar-refractivity contribution in [3.63, 3.8) is 0 Å². The predicted molar refractivity (Wildman–Crippen MR) is 151 cm³/mol. The minimum atomic E-state index is -4.01. The van der Waals surface area contributed by atoms with E-state index in [9.17, 15) is 27.5 Å². The summed E-state index contributed by atoms with van der Waals surface area (Å²) < 4.78 is 48.7. The van der Waals surface area contributed by atoms with Crippen LogP contribution < -0.4 is 15.8 Å². The van der Waals surface area contributed by atoms with E-state index in [-0.39, 0.29) is 53.3 Å². The second kappa shape index (κ2) is 12.2. The molecule has 5 N–H and O–H groups in total. The molecule has 0 radical (unpaired) electrons. The number of guanidine groups is 1. The minimum Gasteiger partial charge on any atom is -0.492 e. The van der Waals surface area contributed by atoms with Crippen LogP contribution in [0.15, 0.2) is 57.1 Å². The number of aliphatic carboxylic acids is 1. The average molecular weight is 577 g/mol. The number of carboxylic acids is 1. The van der Waals surface area contributed by atoms with Gasteiger partial charge in [-0.15, -0.1) is 0 Å². The van der Waals surface area contributed by atoms with Gasteiger partial charge in [0.15, 0.2) is 0 Å². The van der Waals surface area contributed by atoms with Crippen molar-refractivity contribution in [2.75, 3.05) is 6.54 Å². The third-order valence-corrected chi connectivity index (χ3v) is 8.88. The second-order valence-corrected chi connectivity index (χ2v) is 12.4. The molecule has 0 spiro atoms. The fourth-order valence-electron chi connectivity index (χ4n) is 5.11. The summed E-state index contributed by atoms with van der Waals surface area (Å²) in [6, 6.07) is 4.64. The normalized spacial score (nSPS) is 21.7. The Hall–Kier alpha value is -3.67. The van der Waals surface area contributed by atoms with E-state index in [1.165, 1.54) is 24.3 Å². The number of nitrogens with two attached hydrogens (primary N) is 1. The fraction of sp³-hybridized carbons (Fsp3) is 0.464. The number of carbonyl (C=O) groups is 2. The highest BCUT2D eigenvalue weighted by Crippen LogP contribution is 2.50. The molecule has 1 amide bonds. The summed E-state index contributed by atoms with van der Waals surface area (Å²) >= 11 is 0. The smallest absolute Gasteiger partial charge is 0.326 e. The molecule has 40 heavy (non-hydrogen) atoms. The number of halogens is 1. The summed E-state index contributed by atoms with van der Waals surface area (Å²) in [6.07, 6.45) is 3.22. The quantitative estimate of drug-likeness (QED) is 0.144. The molecule has 218 valence electrons. The van der Waals surface area contributed by atoms with Gasteiger partial charge in [0, 0.05) is 30.0 Å². The molecule has 10 nitrogen and oxygen atoms in total. The Bertz CT molecular complexity index is 1400. The van der Waals surface area contributed by atoms with Crippen molar-refractivity contribution < 1.29 is 32.2 Å². The van der Waals surface area contributed by atoms with Gasteiger partial charge in [-0.05, 0) is 70.2 Å². The van der Waals surface area contributed by atoms with E-state index in [1.807, 2.05) is 27.7 Å². The van der Waals surface area contributed by atoms with Crippen molar-refractivity contribution >= 4 is 33.9 Å².